The highest BCUT2D eigenvalue weighted by atomic mass is 32.2. The van der Waals surface area contributed by atoms with Crippen molar-refractivity contribution in [2.24, 2.45) is 0 Å². The molecule has 1 aliphatic heterocycles. The maximum atomic E-state index is 12.2. The van der Waals surface area contributed by atoms with Crippen molar-refractivity contribution in [3.8, 4) is 0 Å². The van der Waals surface area contributed by atoms with Gasteiger partial charge in [-0.05, 0) is 55.3 Å². The third-order valence-corrected chi connectivity index (χ3v) is 5.91. The summed E-state index contributed by atoms with van der Waals surface area (Å²) in [5, 5.41) is 4.71. The van der Waals surface area contributed by atoms with E-state index in [-0.39, 0.29) is 10.8 Å². The number of aryl methyl sites for hydroxylation is 1. The van der Waals surface area contributed by atoms with Crippen LogP contribution in [-0.2, 0) is 14.8 Å². The largest absolute Gasteiger partial charge is 0.321 e. The van der Waals surface area contributed by atoms with Crippen molar-refractivity contribution >= 4 is 44.6 Å². The lowest BCUT2D eigenvalue weighted by Gasteiger charge is -2.05. The standard InChI is InChI=1S/C15H14N2O3S2/c1-9-5-6-21-14(9)8-12-11-7-10(22(19,20)16-2)3-4-13(11)17-15(12)18/h3-8,16H,1-2H3,(H,17,18). The first-order valence-corrected chi connectivity index (χ1v) is 8.94. The number of carbonyl (C=O) groups excluding carboxylic acids is 1. The zero-order chi connectivity index (χ0) is 15.9. The number of anilines is 1. The molecule has 114 valence electrons. The van der Waals surface area contributed by atoms with Crippen LogP contribution in [0.25, 0.3) is 11.6 Å². The Labute approximate surface area is 132 Å². The van der Waals surface area contributed by atoms with Gasteiger partial charge in [-0.1, -0.05) is 0 Å². The van der Waals surface area contributed by atoms with E-state index in [1.807, 2.05) is 18.4 Å². The Balaban J connectivity index is 2.15. The molecule has 0 spiro atoms. The van der Waals surface area contributed by atoms with Crippen LogP contribution < -0.4 is 10.0 Å². The molecule has 1 aliphatic rings. The Morgan fingerprint density at radius 3 is 2.68 bits per heavy atom. The molecular weight excluding hydrogens is 320 g/mol. The number of rotatable bonds is 3. The molecule has 2 aromatic rings. The number of carbonyl (C=O) groups is 1. The van der Waals surface area contributed by atoms with Crippen molar-refractivity contribution in [3.05, 3.63) is 45.6 Å². The molecule has 1 aromatic heterocycles. The van der Waals surface area contributed by atoms with Gasteiger partial charge >= 0.3 is 0 Å². The van der Waals surface area contributed by atoms with Gasteiger partial charge in [0.15, 0.2) is 0 Å². The van der Waals surface area contributed by atoms with Gasteiger partial charge in [0, 0.05) is 16.1 Å². The Hall–Kier alpha value is -1.96. The summed E-state index contributed by atoms with van der Waals surface area (Å²) < 4.78 is 26.1. The fraction of sp³-hybridized carbons (Fsp3) is 0.133. The quantitative estimate of drug-likeness (QED) is 0.847. The van der Waals surface area contributed by atoms with Gasteiger partial charge in [-0.15, -0.1) is 11.3 Å². The predicted molar refractivity (Wildman–Crippen MR) is 88.2 cm³/mol. The number of hydrogen-bond acceptors (Lipinski definition) is 4. The van der Waals surface area contributed by atoms with Crippen LogP contribution in [0.3, 0.4) is 0 Å². The van der Waals surface area contributed by atoms with Gasteiger partial charge in [-0.2, -0.15) is 0 Å². The summed E-state index contributed by atoms with van der Waals surface area (Å²) in [5.41, 5.74) is 2.79. The van der Waals surface area contributed by atoms with Crippen molar-refractivity contribution in [3.63, 3.8) is 0 Å². The van der Waals surface area contributed by atoms with E-state index in [0.29, 0.717) is 16.8 Å². The molecule has 1 aromatic carbocycles. The molecule has 5 nitrogen and oxygen atoms in total. The number of hydrogen-bond donors (Lipinski definition) is 2. The zero-order valence-corrected chi connectivity index (χ0v) is 13.6. The SMILES string of the molecule is CNS(=O)(=O)c1ccc2c(c1)C(=Cc1sccc1C)C(=O)N2. The van der Waals surface area contributed by atoms with E-state index < -0.39 is 10.0 Å². The molecule has 0 saturated heterocycles. The molecule has 0 aliphatic carbocycles. The van der Waals surface area contributed by atoms with Crippen LogP contribution >= 0.6 is 11.3 Å². The first-order chi connectivity index (χ1) is 10.4. The highest BCUT2D eigenvalue weighted by Crippen LogP contribution is 2.35. The molecule has 2 N–H and O–H groups in total. The average molecular weight is 334 g/mol. The van der Waals surface area contributed by atoms with Crippen molar-refractivity contribution in [2.75, 3.05) is 12.4 Å². The van der Waals surface area contributed by atoms with Crippen LogP contribution in [0, 0.1) is 6.92 Å². The van der Waals surface area contributed by atoms with Crippen LogP contribution in [-0.4, -0.2) is 21.4 Å². The third kappa shape index (κ3) is 2.47. The lowest BCUT2D eigenvalue weighted by molar-refractivity contribution is -0.110. The topological polar surface area (TPSA) is 75.3 Å². The number of benzene rings is 1. The van der Waals surface area contributed by atoms with E-state index in [0.717, 1.165) is 10.4 Å². The summed E-state index contributed by atoms with van der Waals surface area (Å²) in [6, 6.07) is 6.59. The minimum Gasteiger partial charge on any atom is -0.321 e. The Morgan fingerprint density at radius 2 is 2.05 bits per heavy atom. The molecular formula is C15H14N2O3S2. The van der Waals surface area contributed by atoms with E-state index in [2.05, 4.69) is 10.0 Å². The van der Waals surface area contributed by atoms with Crippen molar-refractivity contribution in [2.45, 2.75) is 11.8 Å². The van der Waals surface area contributed by atoms with Gasteiger partial charge in [-0.3, -0.25) is 4.79 Å². The van der Waals surface area contributed by atoms with Crippen LogP contribution in [0.4, 0.5) is 5.69 Å². The molecule has 1 amide bonds. The Bertz CT molecular complexity index is 895. The van der Waals surface area contributed by atoms with Gasteiger partial charge in [-0.25, -0.2) is 13.1 Å². The first kappa shape index (κ1) is 15.0. The second-order valence-electron chi connectivity index (χ2n) is 4.89. The van der Waals surface area contributed by atoms with Crippen molar-refractivity contribution < 1.29 is 13.2 Å². The summed E-state index contributed by atoms with van der Waals surface area (Å²) in [4.78, 5) is 13.3. The Kier molecular flexibility index (Phi) is 3.64. The number of nitrogens with one attached hydrogen (secondary N) is 2. The van der Waals surface area contributed by atoms with Gasteiger partial charge in [0.25, 0.3) is 5.91 Å². The highest BCUT2D eigenvalue weighted by molar-refractivity contribution is 7.89. The maximum Gasteiger partial charge on any atom is 0.256 e. The predicted octanol–water partition coefficient (Wildman–Crippen LogP) is 2.46. The van der Waals surface area contributed by atoms with Gasteiger partial charge in [0.2, 0.25) is 10.0 Å². The molecule has 0 atom stereocenters. The van der Waals surface area contributed by atoms with Gasteiger partial charge in [0.1, 0.15) is 0 Å². The Morgan fingerprint density at radius 1 is 1.27 bits per heavy atom. The van der Waals surface area contributed by atoms with E-state index >= 15 is 0 Å². The van der Waals surface area contributed by atoms with E-state index in [1.54, 1.807) is 23.5 Å². The monoisotopic (exact) mass is 334 g/mol. The molecule has 0 fully saturated rings. The molecule has 7 heteroatoms. The van der Waals surface area contributed by atoms with Crippen LogP contribution in [0.2, 0.25) is 0 Å². The smallest absolute Gasteiger partial charge is 0.256 e. The molecule has 0 radical (unpaired) electrons. The third-order valence-electron chi connectivity index (χ3n) is 3.53. The minimum atomic E-state index is -3.54. The number of amides is 1. The summed E-state index contributed by atoms with van der Waals surface area (Å²) in [6.45, 7) is 1.97. The number of thiophene rings is 1. The normalized spacial score (nSPS) is 15.9. The minimum absolute atomic E-state index is 0.138. The van der Waals surface area contributed by atoms with Crippen molar-refractivity contribution in [1.29, 1.82) is 0 Å². The molecule has 0 saturated carbocycles. The molecule has 0 bridgehead atoms. The first-order valence-electron chi connectivity index (χ1n) is 6.57. The lowest BCUT2D eigenvalue weighted by atomic mass is 10.1. The second-order valence-corrected chi connectivity index (χ2v) is 7.73. The molecule has 0 unspecified atom stereocenters. The fourth-order valence-electron chi connectivity index (χ4n) is 2.26. The van der Waals surface area contributed by atoms with Crippen LogP contribution in [0.5, 0.6) is 0 Å². The zero-order valence-electron chi connectivity index (χ0n) is 12.0. The average Bonchev–Trinajstić information content (AvgIpc) is 3.03. The molecule has 2 heterocycles. The van der Waals surface area contributed by atoms with Crippen molar-refractivity contribution in [1.82, 2.24) is 4.72 Å². The van der Waals surface area contributed by atoms with Gasteiger partial charge < -0.3 is 5.32 Å². The fourth-order valence-corrected chi connectivity index (χ4v) is 3.87. The maximum absolute atomic E-state index is 12.2. The summed E-state index contributed by atoms with van der Waals surface area (Å²) >= 11 is 1.54. The lowest BCUT2D eigenvalue weighted by Crippen LogP contribution is -2.18. The second kappa shape index (κ2) is 5.35. The summed E-state index contributed by atoms with van der Waals surface area (Å²) in [6.07, 6.45) is 1.80. The van der Waals surface area contributed by atoms with Gasteiger partial charge in [0.05, 0.1) is 10.5 Å². The highest BCUT2D eigenvalue weighted by Gasteiger charge is 2.26. The van der Waals surface area contributed by atoms with Crippen LogP contribution in [0.15, 0.2) is 34.5 Å². The number of fused-ring (bicyclic) bond motifs is 1. The van der Waals surface area contributed by atoms with E-state index in [9.17, 15) is 13.2 Å². The number of sulfonamides is 1. The van der Waals surface area contributed by atoms with E-state index in [1.165, 1.54) is 19.2 Å². The summed E-state index contributed by atoms with van der Waals surface area (Å²) in [5.74, 6) is -0.221. The molecule has 22 heavy (non-hydrogen) atoms. The molecule has 3 rings (SSSR count). The summed E-state index contributed by atoms with van der Waals surface area (Å²) in [7, 11) is -2.19. The van der Waals surface area contributed by atoms with E-state index in [4.69, 9.17) is 0 Å². The van der Waals surface area contributed by atoms with Crippen LogP contribution in [0.1, 0.15) is 16.0 Å².